The van der Waals surface area contributed by atoms with Gasteiger partial charge in [-0.1, -0.05) is 11.6 Å². The number of hydrogen-bond acceptors (Lipinski definition) is 4. The first-order valence-electron chi connectivity index (χ1n) is 3.79. The molecular weight excluding hydrogens is 206 g/mol. The number of esters is 1. The van der Waals surface area contributed by atoms with Crippen molar-refractivity contribution in [1.82, 2.24) is 14.4 Å². The Balaban J connectivity index is 2.56. The summed E-state index contributed by atoms with van der Waals surface area (Å²) in [5.74, 6) is -0.482. The lowest BCUT2D eigenvalue weighted by Crippen LogP contribution is -2.00. The molecule has 0 aromatic carbocycles. The Morgan fingerprint density at radius 2 is 2.36 bits per heavy atom. The molecule has 2 heterocycles. The van der Waals surface area contributed by atoms with Crippen LogP contribution in [0.5, 0.6) is 0 Å². The Labute approximate surface area is 84.3 Å². The highest BCUT2D eigenvalue weighted by Gasteiger charge is 2.10. The van der Waals surface area contributed by atoms with Crippen molar-refractivity contribution >= 4 is 23.2 Å². The van der Waals surface area contributed by atoms with Crippen molar-refractivity contribution in [2.45, 2.75) is 0 Å². The molecule has 2 rings (SSSR count). The van der Waals surface area contributed by atoms with E-state index >= 15 is 0 Å². The summed E-state index contributed by atoms with van der Waals surface area (Å²) in [5.41, 5.74) is 0.784. The van der Waals surface area contributed by atoms with Crippen LogP contribution in [0, 0.1) is 0 Å². The van der Waals surface area contributed by atoms with E-state index in [0.29, 0.717) is 10.8 Å². The van der Waals surface area contributed by atoms with E-state index in [-0.39, 0.29) is 5.69 Å². The Kier molecular flexibility index (Phi) is 2.09. The van der Waals surface area contributed by atoms with Gasteiger partial charge >= 0.3 is 5.97 Å². The van der Waals surface area contributed by atoms with Crippen molar-refractivity contribution in [2.24, 2.45) is 0 Å². The lowest BCUT2D eigenvalue weighted by molar-refractivity contribution is 0.0595. The first kappa shape index (κ1) is 8.96. The van der Waals surface area contributed by atoms with E-state index in [9.17, 15) is 4.79 Å². The van der Waals surface area contributed by atoms with Gasteiger partial charge in [0.2, 0.25) is 0 Å². The van der Waals surface area contributed by atoms with Gasteiger partial charge in [0.15, 0.2) is 11.3 Å². The van der Waals surface area contributed by atoms with Crippen LogP contribution in [0.25, 0.3) is 5.65 Å². The molecule has 6 heteroatoms. The van der Waals surface area contributed by atoms with Gasteiger partial charge in [0.1, 0.15) is 5.15 Å². The monoisotopic (exact) mass is 211 g/mol. The molecule has 0 atom stereocenters. The first-order valence-corrected chi connectivity index (χ1v) is 4.17. The molecule has 0 saturated carbocycles. The summed E-state index contributed by atoms with van der Waals surface area (Å²) in [7, 11) is 1.30. The van der Waals surface area contributed by atoms with Crippen molar-refractivity contribution in [2.75, 3.05) is 7.11 Å². The van der Waals surface area contributed by atoms with Crippen LogP contribution < -0.4 is 0 Å². The fourth-order valence-corrected chi connectivity index (χ4v) is 1.23. The predicted octanol–water partition coefficient (Wildman–Crippen LogP) is 1.17. The topological polar surface area (TPSA) is 56.5 Å². The van der Waals surface area contributed by atoms with Gasteiger partial charge in [0, 0.05) is 12.4 Å². The molecule has 0 amide bonds. The molecule has 0 fully saturated rings. The predicted molar refractivity (Wildman–Crippen MR) is 49.3 cm³/mol. The third kappa shape index (κ3) is 1.42. The number of aromatic nitrogens is 3. The van der Waals surface area contributed by atoms with Gasteiger partial charge in [-0.05, 0) is 0 Å². The minimum Gasteiger partial charge on any atom is -0.464 e. The summed E-state index contributed by atoms with van der Waals surface area (Å²) in [6.45, 7) is 0. The zero-order chi connectivity index (χ0) is 10.1. The van der Waals surface area contributed by atoms with Crippen LogP contribution in [-0.2, 0) is 4.74 Å². The van der Waals surface area contributed by atoms with Crippen LogP contribution in [-0.4, -0.2) is 27.4 Å². The van der Waals surface area contributed by atoms with E-state index in [1.54, 1.807) is 10.6 Å². The number of nitrogens with zero attached hydrogens (tertiary/aromatic N) is 3. The van der Waals surface area contributed by atoms with E-state index in [1.807, 2.05) is 0 Å². The second kappa shape index (κ2) is 3.26. The highest BCUT2D eigenvalue weighted by Crippen LogP contribution is 2.08. The summed E-state index contributed by atoms with van der Waals surface area (Å²) in [4.78, 5) is 18.9. The van der Waals surface area contributed by atoms with Gasteiger partial charge in [-0.2, -0.15) is 0 Å². The first-order chi connectivity index (χ1) is 6.70. The maximum atomic E-state index is 11.1. The number of ether oxygens (including phenoxy) is 1. The van der Waals surface area contributed by atoms with Crippen LogP contribution in [0.15, 0.2) is 18.6 Å². The number of imidazole rings is 1. The molecule has 0 spiro atoms. The molecule has 0 saturated heterocycles. The van der Waals surface area contributed by atoms with Gasteiger partial charge < -0.3 is 9.14 Å². The van der Waals surface area contributed by atoms with Crippen LogP contribution in [0.3, 0.4) is 0 Å². The molecule has 0 aliphatic heterocycles. The number of fused-ring (bicyclic) bond motifs is 1. The standard InChI is InChI=1S/C8H6ClN3O2/c1-14-8(13)5-3-12-4-6(9)10-2-7(12)11-5/h2-4H,1H3. The smallest absolute Gasteiger partial charge is 0.358 e. The summed E-state index contributed by atoms with van der Waals surface area (Å²) < 4.78 is 6.14. The molecule has 0 bridgehead atoms. The van der Waals surface area contributed by atoms with E-state index in [2.05, 4.69) is 14.7 Å². The Bertz CT molecular complexity index is 494. The molecule has 72 valence electrons. The third-order valence-electron chi connectivity index (χ3n) is 1.70. The molecule has 0 N–H and O–H groups in total. The van der Waals surface area contributed by atoms with Gasteiger partial charge in [0.05, 0.1) is 13.3 Å². The lowest BCUT2D eigenvalue weighted by Gasteiger charge is -1.90. The Morgan fingerprint density at radius 3 is 3.07 bits per heavy atom. The number of carbonyl (C=O) groups excluding carboxylic acids is 1. The molecule has 14 heavy (non-hydrogen) atoms. The normalized spacial score (nSPS) is 10.4. The summed E-state index contributed by atoms with van der Waals surface area (Å²) in [5, 5.41) is 0.339. The van der Waals surface area contributed by atoms with E-state index in [0.717, 1.165) is 0 Å². The van der Waals surface area contributed by atoms with E-state index in [1.165, 1.54) is 19.5 Å². The zero-order valence-corrected chi connectivity index (χ0v) is 8.02. The zero-order valence-electron chi connectivity index (χ0n) is 7.27. The van der Waals surface area contributed by atoms with Gasteiger partial charge in [-0.25, -0.2) is 14.8 Å². The molecule has 2 aromatic rings. The van der Waals surface area contributed by atoms with Crippen molar-refractivity contribution < 1.29 is 9.53 Å². The molecule has 5 nitrogen and oxygen atoms in total. The van der Waals surface area contributed by atoms with Crippen LogP contribution in [0.4, 0.5) is 0 Å². The fourth-order valence-electron chi connectivity index (χ4n) is 1.08. The fraction of sp³-hybridized carbons (Fsp3) is 0.125. The molecule has 2 aromatic heterocycles. The average molecular weight is 212 g/mol. The summed E-state index contributed by atoms with van der Waals surface area (Å²) in [6, 6.07) is 0. The SMILES string of the molecule is COC(=O)c1cn2cc(Cl)ncc2n1. The highest BCUT2D eigenvalue weighted by molar-refractivity contribution is 6.29. The van der Waals surface area contributed by atoms with E-state index in [4.69, 9.17) is 11.6 Å². The minimum absolute atomic E-state index is 0.233. The highest BCUT2D eigenvalue weighted by atomic mass is 35.5. The lowest BCUT2D eigenvalue weighted by atomic mass is 10.5. The molecule has 0 aliphatic carbocycles. The second-order valence-corrected chi connectivity index (χ2v) is 2.98. The molecule has 0 radical (unpaired) electrons. The van der Waals surface area contributed by atoms with Crippen LogP contribution >= 0.6 is 11.6 Å². The maximum absolute atomic E-state index is 11.1. The molecular formula is C8H6ClN3O2. The summed E-state index contributed by atoms with van der Waals surface area (Å²) >= 11 is 5.67. The minimum atomic E-state index is -0.482. The maximum Gasteiger partial charge on any atom is 0.358 e. The Morgan fingerprint density at radius 1 is 1.57 bits per heavy atom. The van der Waals surface area contributed by atoms with Gasteiger partial charge in [-0.3, -0.25) is 0 Å². The average Bonchev–Trinajstić information content (AvgIpc) is 2.59. The largest absolute Gasteiger partial charge is 0.464 e. The molecule has 0 unspecified atom stereocenters. The van der Waals surface area contributed by atoms with Crippen molar-refractivity contribution in [3.63, 3.8) is 0 Å². The van der Waals surface area contributed by atoms with Gasteiger partial charge in [0.25, 0.3) is 0 Å². The van der Waals surface area contributed by atoms with Crippen molar-refractivity contribution in [1.29, 1.82) is 0 Å². The van der Waals surface area contributed by atoms with Crippen LogP contribution in [0.1, 0.15) is 10.5 Å². The molecule has 0 aliphatic rings. The van der Waals surface area contributed by atoms with Crippen LogP contribution in [0.2, 0.25) is 5.15 Å². The Hall–Kier alpha value is -1.62. The van der Waals surface area contributed by atoms with Gasteiger partial charge in [-0.15, -0.1) is 0 Å². The van der Waals surface area contributed by atoms with Crippen molar-refractivity contribution in [3.05, 3.63) is 29.4 Å². The van der Waals surface area contributed by atoms with E-state index < -0.39 is 5.97 Å². The quantitative estimate of drug-likeness (QED) is 0.665. The number of methoxy groups -OCH3 is 1. The van der Waals surface area contributed by atoms with Crippen molar-refractivity contribution in [3.8, 4) is 0 Å². The number of carbonyl (C=O) groups is 1. The number of rotatable bonds is 1. The number of halogens is 1. The summed E-state index contributed by atoms with van der Waals surface area (Å²) in [6.07, 6.45) is 4.58. The second-order valence-electron chi connectivity index (χ2n) is 2.59. The number of hydrogen-bond donors (Lipinski definition) is 0. The third-order valence-corrected chi connectivity index (χ3v) is 1.90.